The van der Waals surface area contributed by atoms with Gasteiger partial charge in [-0.3, -0.25) is 4.79 Å². The highest BCUT2D eigenvalue weighted by molar-refractivity contribution is 6.30. The van der Waals surface area contributed by atoms with Gasteiger partial charge in [0.15, 0.2) is 5.76 Å². The molecule has 0 aliphatic carbocycles. The van der Waals surface area contributed by atoms with Gasteiger partial charge in [-0.2, -0.15) is 0 Å². The molecule has 7 heteroatoms. The van der Waals surface area contributed by atoms with Gasteiger partial charge < -0.3 is 18.9 Å². The Bertz CT molecular complexity index is 1220. The minimum Gasteiger partial charge on any atom is -0.495 e. The number of methoxy groups -OCH3 is 1. The van der Waals surface area contributed by atoms with E-state index in [-0.39, 0.29) is 24.1 Å². The van der Waals surface area contributed by atoms with Crippen LogP contribution in [0.4, 0.5) is 0 Å². The van der Waals surface area contributed by atoms with E-state index in [0.29, 0.717) is 16.5 Å². The molecule has 170 valence electrons. The number of benzene rings is 2. The molecule has 33 heavy (non-hydrogen) atoms. The summed E-state index contributed by atoms with van der Waals surface area (Å²) in [4.78, 5) is 19.8. The smallest absolute Gasteiger partial charge is 0.289 e. The second-order valence-electron chi connectivity index (χ2n) is 8.61. The molecule has 1 aromatic heterocycles. The Morgan fingerprint density at radius 1 is 1.18 bits per heavy atom. The van der Waals surface area contributed by atoms with E-state index in [1.807, 2.05) is 72.0 Å². The largest absolute Gasteiger partial charge is 0.495 e. The molecule has 3 atom stereocenters. The molecule has 3 heterocycles. The van der Waals surface area contributed by atoms with Crippen LogP contribution in [0, 0.1) is 6.92 Å². The van der Waals surface area contributed by atoms with Crippen molar-refractivity contribution in [1.29, 1.82) is 0 Å². The van der Waals surface area contributed by atoms with E-state index in [2.05, 4.69) is 4.98 Å². The second kappa shape index (κ2) is 8.60. The Balaban J connectivity index is 1.46. The Kier molecular flexibility index (Phi) is 5.62. The summed E-state index contributed by atoms with van der Waals surface area (Å²) < 4.78 is 13.6. The van der Waals surface area contributed by atoms with Crippen LogP contribution in [-0.4, -0.2) is 39.6 Å². The molecule has 0 radical (unpaired) electrons. The van der Waals surface area contributed by atoms with E-state index in [0.717, 1.165) is 35.3 Å². The lowest BCUT2D eigenvalue weighted by molar-refractivity contribution is -0.144. The number of aromatic nitrogens is 2. The predicted octanol–water partition coefficient (Wildman–Crippen LogP) is 5.33. The molecule has 1 amide bonds. The second-order valence-corrected chi connectivity index (χ2v) is 9.05. The summed E-state index contributed by atoms with van der Waals surface area (Å²) in [5, 5.41) is 0.693. The zero-order chi connectivity index (χ0) is 23.1. The number of amides is 1. The van der Waals surface area contributed by atoms with Crippen LogP contribution in [0.15, 0.2) is 60.7 Å². The number of fused-ring (bicyclic) bond motifs is 1. The number of aryl methyl sites for hydroxylation is 1. The van der Waals surface area contributed by atoms with Crippen LogP contribution >= 0.6 is 11.6 Å². The fourth-order valence-electron chi connectivity index (χ4n) is 4.86. The van der Waals surface area contributed by atoms with Crippen LogP contribution in [0.3, 0.4) is 0 Å². The number of hydrogen-bond acceptors (Lipinski definition) is 4. The van der Waals surface area contributed by atoms with Gasteiger partial charge in [-0.1, -0.05) is 29.8 Å². The van der Waals surface area contributed by atoms with Gasteiger partial charge in [0.05, 0.1) is 36.9 Å². The first-order valence-corrected chi connectivity index (χ1v) is 11.5. The third-order valence-corrected chi connectivity index (χ3v) is 6.73. The van der Waals surface area contributed by atoms with Crippen LogP contribution < -0.4 is 4.74 Å². The number of ether oxygens (including phenoxy) is 2. The summed E-state index contributed by atoms with van der Waals surface area (Å²) in [5.74, 6) is 0.966. The third-order valence-electron chi connectivity index (χ3n) is 6.48. The highest BCUT2D eigenvalue weighted by Gasteiger charge is 2.46. The maximum atomic E-state index is 13.5. The minimum atomic E-state index is -0.0821. The number of morpholine rings is 1. The van der Waals surface area contributed by atoms with E-state index in [4.69, 9.17) is 21.1 Å². The fourth-order valence-corrected chi connectivity index (χ4v) is 4.98. The van der Waals surface area contributed by atoms with Gasteiger partial charge in [0.2, 0.25) is 0 Å². The number of carbonyl (C=O) groups is 1. The van der Waals surface area contributed by atoms with Crippen molar-refractivity contribution in [3.8, 4) is 11.4 Å². The van der Waals surface area contributed by atoms with Gasteiger partial charge in [-0.15, -0.1) is 0 Å². The molecular formula is C26H26ClN3O3. The highest BCUT2D eigenvalue weighted by Crippen LogP contribution is 2.42. The van der Waals surface area contributed by atoms with Crippen molar-refractivity contribution >= 4 is 23.6 Å². The molecule has 2 fully saturated rings. The monoisotopic (exact) mass is 463 g/mol. The lowest BCUT2D eigenvalue weighted by atomic mass is 10.0. The molecule has 0 saturated carbocycles. The van der Waals surface area contributed by atoms with Crippen molar-refractivity contribution in [3.63, 3.8) is 0 Å². The Hall–Kier alpha value is -3.25. The number of imidazole rings is 1. The fraction of sp³-hybridized carbons (Fsp3) is 0.308. The summed E-state index contributed by atoms with van der Waals surface area (Å²) in [6.45, 7) is 3.98. The first-order chi connectivity index (χ1) is 15.9. The molecular weight excluding hydrogens is 438 g/mol. The number of hydrogen-bond donors (Lipinski definition) is 0. The summed E-state index contributed by atoms with van der Waals surface area (Å²) >= 11 is 6.07. The number of rotatable bonds is 4. The van der Waals surface area contributed by atoms with E-state index >= 15 is 0 Å². The molecule has 5 rings (SSSR count). The zero-order valence-electron chi connectivity index (χ0n) is 18.9. The quantitative estimate of drug-likeness (QED) is 0.490. The number of carbonyl (C=O) groups excluding carboxylic acids is 1. The normalized spacial score (nSPS) is 23.5. The lowest BCUT2D eigenvalue weighted by Gasteiger charge is -2.39. The van der Waals surface area contributed by atoms with Gasteiger partial charge in [0, 0.05) is 11.2 Å². The Morgan fingerprint density at radius 3 is 2.67 bits per heavy atom. The minimum absolute atomic E-state index is 0.0240. The van der Waals surface area contributed by atoms with Crippen molar-refractivity contribution in [2.24, 2.45) is 0 Å². The zero-order valence-corrected chi connectivity index (χ0v) is 19.6. The molecule has 2 aromatic carbocycles. The lowest BCUT2D eigenvalue weighted by Crippen LogP contribution is -2.49. The van der Waals surface area contributed by atoms with Gasteiger partial charge in [-0.25, -0.2) is 4.98 Å². The average Bonchev–Trinajstić information content (AvgIpc) is 3.45. The predicted molar refractivity (Wildman–Crippen MR) is 127 cm³/mol. The van der Waals surface area contributed by atoms with Gasteiger partial charge in [0.1, 0.15) is 11.9 Å². The topological polar surface area (TPSA) is 56.6 Å². The van der Waals surface area contributed by atoms with Crippen molar-refractivity contribution in [2.45, 2.75) is 44.9 Å². The molecule has 2 saturated heterocycles. The van der Waals surface area contributed by atoms with Crippen molar-refractivity contribution in [3.05, 3.63) is 82.6 Å². The summed E-state index contributed by atoms with van der Waals surface area (Å²) in [6.07, 6.45) is 7.24. The van der Waals surface area contributed by atoms with Gasteiger partial charge in [0.25, 0.3) is 5.91 Å². The van der Waals surface area contributed by atoms with E-state index in [1.165, 1.54) is 0 Å². The number of halogens is 1. The van der Waals surface area contributed by atoms with E-state index in [9.17, 15) is 4.79 Å². The molecule has 2 aliphatic rings. The van der Waals surface area contributed by atoms with Gasteiger partial charge >= 0.3 is 0 Å². The van der Waals surface area contributed by atoms with Crippen LogP contribution in [0.2, 0.25) is 5.02 Å². The van der Waals surface area contributed by atoms with Crippen molar-refractivity contribution in [2.75, 3.05) is 7.11 Å². The highest BCUT2D eigenvalue weighted by atomic mass is 35.5. The molecule has 0 N–H and O–H groups in total. The van der Waals surface area contributed by atoms with Crippen LogP contribution in [0.25, 0.3) is 11.8 Å². The van der Waals surface area contributed by atoms with Crippen molar-refractivity contribution in [1.82, 2.24) is 14.5 Å². The molecule has 6 nitrogen and oxygen atoms in total. The van der Waals surface area contributed by atoms with Crippen LogP contribution in [0.5, 0.6) is 5.75 Å². The van der Waals surface area contributed by atoms with Crippen LogP contribution in [0.1, 0.15) is 42.6 Å². The maximum Gasteiger partial charge on any atom is 0.289 e. The summed E-state index contributed by atoms with van der Waals surface area (Å²) in [5.41, 5.74) is 3.75. The third kappa shape index (κ3) is 4.00. The summed E-state index contributed by atoms with van der Waals surface area (Å²) in [6, 6.07) is 13.7. The Morgan fingerprint density at radius 2 is 1.97 bits per heavy atom. The molecule has 0 spiro atoms. The van der Waals surface area contributed by atoms with Gasteiger partial charge in [-0.05, 0) is 68.2 Å². The van der Waals surface area contributed by atoms with E-state index in [1.54, 1.807) is 19.5 Å². The first-order valence-electron chi connectivity index (χ1n) is 11.1. The van der Waals surface area contributed by atoms with Crippen molar-refractivity contribution < 1.29 is 14.3 Å². The molecule has 2 aliphatic heterocycles. The summed E-state index contributed by atoms with van der Waals surface area (Å²) in [7, 11) is 1.63. The SMILES string of the molecule is COc1cc(/C=C2\O[C@@H](C)C3CCC(c4ccc(Cl)cc4)N3C2=O)ccc1-n1cnc(C)c1. The maximum absolute atomic E-state index is 13.5. The van der Waals surface area contributed by atoms with E-state index < -0.39 is 0 Å². The first kappa shape index (κ1) is 21.6. The average molecular weight is 464 g/mol. The molecule has 3 aromatic rings. The van der Waals surface area contributed by atoms with Crippen LogP contribution in [-0.2, 0) is 9.53 Å². The standard InChI is InChI=1S/C26H26ClN3O3/c1-16-14-29(15-28-16)23-9-4-18(12-24(23)32-3)13-25-26(31)30-21(17(2)33-25)10-11-22(30)19-5-7-20(27)8-6-19/h4-9,12-15,17,21-22H,10-11H2,1-3H3/b25-13-/t17-,21?,22?/m0/s1. The number of nitrogens with zero attached hydrogens (tertiary/aromatic N) is 3. The Labute approximate surface area is 198 Å². The molecule has 0 bridgehead atoms. The molecule has 2 unspecified atom stereocenters.